The highest BCUT2D eigenvalue weighted by Crippen LogP contribution is 2.65. The molecule has 11 heavy (non-hydrogen) atoms. The van der Waals surface area contributed by atoms with Crippen LogP contribution in [0, 0.1) is 23.2 Å². The summed E-state index contributed by atoms with van der Waals surface area (Å²) in [6, 6.07) is 0. The summed E-state index contributed by atoms with van der Waals surface area (Å²) in [4.78, 5) is 0. The molecule has 2 rings (SSSR count). The number of rotatable bonds is 0. The third kappa shape index (κ3) is 0.936. The molecule has 0 heterocycles. The molecule has 64 valence electrons. The van der Waals surface area contributed by atoms with Gasteiger partial charge in [0.15, 0.2) is 0 Å². The summed E-state index contributed by atoms with van der Waals surface area (Å²) in [5.41, 5.74) is 0.547. The van der Waals surface area contributed by atoms with Crippen LogP contribution in [0.2, 0.25) is 0 Å². The Morgan fingerprint density at radius 3 is 2.27 bits per heavy atom. The second-order valence-electron chi connectivity index (χ2n) is 5.05. The summed E-state index contributed by atoms with van der Waals surface area (Å²) in [6.45, 7) is 6.86. The Morgan fingerprint density at radius 2 is 1.73 bits per heavy atom. The molecule has 2 saturated carbocycles. The molecule has 0 amide bonds. The highest BCUT2D eigenvalue weighted by Gasteiger charge is 2.60. The quantitative estimate of drug-likeness (QED) is 0.566. The van der Waals surface area contributed by atoms with Gasteiger partial charge in [0.1, 0.15) is 0 Å². The first-order valence-corrected chi connectivity index (χ1v) is 4.71. The Morgan fingerprint density at radius 1 is 1.18 bits per heavy atom. The third-order valence-corrected chi connectivity index (χ3v) is 4.07. The van der Waals surface area contributed by atoms with E-state index in [4.69, 9.17) is 0 Å². The van der Waals surface area contributed by atoms with E-state index in [2.05, 4.69) is 20.8 Å². The first kappa shape index (κ1) is 7.60. The molecule has 1 heteroatoms. The van der Waals surface area contributed by atoms with Crippen molar-refractivity contribution in [2.75, 3.05) is 0 Å². The molecule has 2 aliphatic carbocycles. The number of fused-ring (bicyclic) bond motifs is 1. The first-order chi connectivity index (χ1) is 5.03. The Bertz CT molecular complexity index is 156. The molecule has 0 aliphatic heterocycles. The Kier molecular flexibility index (Phi) is 1.39. The lowest BCUT2D eigenvalue weighted by atomic mass is 9.88. The van der Waals surface area contributed by atoms with E-state index < -0.39 is 0 Å². The van der Waals surface area contributed by atoms with Crippen molar-refractivity contribution in [3.8, 4) is 0 Å². The lowest BCUT2D eigenvalue weighted by Crippen LogP contribution is -2.22. The van der Waals surface area contributed by atoms with Crippen molar-refractivity contribution < 1.29 is 5.11 Å². The first-order valence-electron chi connectivity index (χ1n) is 4.71. The van der Waals surface area contributed by atoms with Gasteiger partial charge in [0.05, 0.1) is 6.10 Å². The molecule has 1 nitrogen and oxygen atoms in total. The number of aliphatic hydroxyl groups excluding tert-OH is 1. The summed E-state index contributed by atoms with van der Waals surface area (Å²) in [5.74, 6) is 2.28. The van der Waals surface area contributed by atoms with Gasteiger partial charge in [-0.25, -0.2) is 0 Å². The van der Waals surface area contributed by atoms with E-state index in [1.807, 2.05) is 0 Å². The average Bonchev–Trinajstić information content (AvgIpc) is 2.39. The lowest BCUT2D eigenvalue weighted by Gasteiger charge is -2.22. The zero-order valence-electron chi connectivity index (χ0n) is 7.67. The molecule has 2 aliphatic rings. The van der Waals surface area contributed by atoms with Crippen molar-refractivity contribution in [1.29, 1.82) is 0 Å². The molecule has 4 atom stereocenters. The largest absolute Gasteiger partial charge is 0.393 e. The molecule has 0 spiro atoms. The molecular weight excluding hydrogens is 136 g/mol. The molecule has 0 bridgehead atoms. The molecular formula is C10H18O. The van der Waals surface area contributed by atoms with Gasteiger partial charge in [0, 0.05) is 0 Å². The van der Waals surface area contributed by atoms with Gasteiger partial charge in [0.25, 0.3) is 0 Å². The molecule has 1 N–H and O–H groups in total. The summed E-state index contributed by atoms with van der Waals surface area (Å²) in [7, 11) is 0. The van der Waals surface area contributed by atoms with Gasteiger partial charge in [-0.05, 0) is 36.0 Å². The third-order valence-electron chi connectivity index (χ3n) is 4.07. The fraction of sp³-hybridized carbons (Fsp3) is 1.00. The summed E-state index contributed by atoms with van der Waals surface area (Å²) in [6.07, 6.45) is 2.29. The predicted molar refractivity (Wildman–Crippen MR) is 45.2 cm³/mol. The Hall–Kier alpha value is -0.0400. The van der Waals surface area contributed by atoms with Crippen LogP contribution in [0.15, 0.2) is 0 Å². The van der Waals surface area contributed by atoms with E-state index >= 15 is 0 Å². The van der Waals surface area contributed by atoms with Crippen LogP contribution in [0.1, 0.15) is 33.6 Å². The maximum absolute atomic E-state index is 9.61. The molecule has 0 aromatic carbocycles. The minimum Gasteiger partial charge on any atom is -0.393 e. The summed E-state index contributed by atoms with van der Waals surface area (Å²) >= 11 is 0. The van der Waals surface area contributed by atoms with Gasteiger partial charge in [-0.3, -0.25) is 0 Å². The van der Waals surface area contributed by atoms with Crippen LogP contribution >= 0.6 is 0 Å². The molecule has 0 saturated heterocycles. The van der Waals surface area contributed by atoms with Crippen LogP contribution < -0.4 is 0 Å². The number of aliphatic hydroxyl groups is 1. The van der Waals surface area contributed by atoms with Crippen molar-refractivity contribution in [3.63, 3.8) is 0 Å². The second-order valence-corrected chi connectivity index (χ2v) is 5.05. The second kappa shape index (κ2) is 2.01. The lowest BCUT2D eigenvalue weighted by molar-refractivity contribution is 0.0745. The zero-order valence-corrected chi connectivity index (χ0v) is 7.67. The van der Waals surface area contributed by atoms with Gasteiger partial charge in [-0.15, -0.1) is 0 Å². The normalized spacial score (nSPS) is 53.5. The standard InChI is InChI=1S/C10H18O/c1-6-4-7-8(5-9(6)11)10(7,2)3/h6-9,11H,4-5H2,1-3H3/t6-,7+,8-,9+/m1/s1. The highest BCUT2D eigenvalue weighted by atomic mass is 16.3. The van der Waals surface area contributed by atoms with Crippen LogP contribution in [-0.4, -0.2) is 11.2 Å². The molecule has 0 aromatic heterocycles. The highest BCUT2D eigenvalue weighted by molar-refractivity contribution is 5.08. The van der Waals surface area contributed by atoms with E-state index in [1.54, 1.807) is 0 Å². The monoisotopic (exact) mass is 154 g/mol. The zero-order chi connectivity index (χ0) is 8.22. The van der Waals surface area contributed by atoms with E-state index in [1.165, 1.54) is 6.42 Å². The van der Waals surface area contributed by atoms with Gasteiger partial charge in [0.2, 0.25) is 0 Å². The maximum atomic E-state index is 9.61. The van der Waals surface area contributed by atoms with Crippen LogP contribution in [0.3, 0.4) is 0 Å². The number of hydrogen-bond donors (Lipinski definition) is 1. The fourth-order valence-electron chi connectivity index (χ4n) is 2.84. The van der Waals surface area contributed by atoms with E-state index in [9.17, 15) is 5.11 Å². The summed E-state index contributed by atoms with van der Waals surface area (Å²) in [5, 5.41) is 9.61. The number of hydrogen-bond acceptors (Lipinski definition) is 1. The van der Waals surface area contributed by atoms with E-state index in [0.717, 1.165) is 18.3 Å². The van der Waals surface area contributed by atoms with Crippen LogP contribution in [-0.2, 0) is 0 Å². The van der Waals surface area contributed by atoms with Gasteiger partial charge in [-0.2, -0.15) is 0 Å². The minimum atomic E-state index is -0.0157. The molecule has 2 fully saturated rings. The van der Waals surface area contributed by atoms with Crippen molar-refractivity contribution in [1.82, 2.24) is 0 Å². The smallest absolute Gasteiger partial charge is 0.0568 e. The Labute approximate surface area is 68.8 Å². The van der Waals surface area contributed by atoms with Gasteiger partial charge in [-0.1, -0.05) is 20.8 Å². The van der Waals surface area contributed by atoms with Crippen molar-refractivity contribution in [2.45, 2.75) is 39.7 Å². The van der Waals surface area contributed by atoms with Crippen molar-refractivity contribution >= 4 is 0 Å². The maximum Gasteiger partial charge on any atom is 0.0568 e. The van der Waals surface area contributed by atoms with Gasteiger partial charge < -0.3 is 5.11 Å². The Balaban J connectivity index is 2.07. The average molecular weight is 154 g/mol. The van der Waals surface area contributed by atoms with Gasteiger partial charge >= 0.3 is 0 Å². The minimum absolute atomic E-state index is 0.0157. The van der Waals surface area contributed by atoms with Crippen molar-refractivity contribution in [3.05, 3.63) is 0 Å². The summed E-state index contributed by atoms with van der Waals surface area (Å²) < 4.78 is 0. The van der Waals surface area contributed by atoms with Crippen molar-refractivity contribution in [2.24, 2.45) is 23.2 Å². The topological polar surface area (TPSA) is 20.2 Å². The van der Waals surface area contributed by atoms with E-state index in [0.29, 0.717) is 11.3 Å². The fourth-order valence-corrected chi connectivity index (χ4v) is 2.84. The molecule has 0 unspecified atom stereocenters. The van der Waals surface area contributed by atoms with E-state index in [-0.39, 0.29) is 6.10 Å². The molecule has 0 radical (unpaired) electrons. The SMILES string of the molecule is C[C@@H]1C[C@H]2[C@@H](C[C@@H]1O)C2(C)C. The van der Waals surface area contributed by atoms with Crippen LogP contribution in [0.25, 0.3) is 0 Å². The van der Waals surface area contributed by atoms with Crippen LogP contribution in [0.5, 0.6) is 0 Å². The van der Waals surface area contributed by atoms with Crippen LogP contribution in [0.4, 0.5) is 0 Å². The predicted octanol–water partition coefficient (Wildman–Crippen LogP) is 2.05. The molecule has 0 aromatic rings.